The van der Waals surface area contributed by atoms with E-state index in [2.05, 4.69) is 0 Å². The minimum atomic E-state index is 0.0247. The highest BCUT2D eigenvalue weighted by molar-refractivity contribution is 7.99. The molecule has 114 valence electrons. The Labute approximate surface area is 129 Å². The lowest BCUT2D eigenvalue weighted by Gasteiger charge is -2.31. The summed E-state index contributed by atoms with van der Waals surface area (Å²) in [5.74, 6) is 1.66. The van der Waals surface area contributed by atoms with E-state index in [0.717, 1.165) is 24.2 Å². The first kappa shape index (κ1) is 15.9. The van der Waals surface area contributed by atoms with Crippen LogP contribution in [0, 0.1) is 5.92 Å². The highest BCUT2D eigenvalue weighted by atomic mass is 32.2. The number of methoxy groups -OCH3 is 1. The van der Waals surface area contributed by atoms with E-state index in [1.165, 1.54) is 0 Å². The van der Waals surface area contributed by atoms with Gasteiger partial charge in [-0.05, 0) is 43.4 Å². The van der Waals surface area contributed by atoms with E-state index in [-0.39, 0.29) is 17.6 Å². The van der Waals surface area contributed by atoms with Gasteiger partial charge in [-0.1, -0.05) is 0 Å². The molecule has 4 nitrogen and oxygen atoms in total. The van der Waals surface area contributed by atoms with Crippen LogP contribution < -0.4 is 4.74 Å². The summed E-state index contributed by atoms with van der Waals surface area (Å²) < 4.78 is 5.10. The number of carbonyl (C=O) groups is 2. The quantitative estimate of drug-likeness (QED) is 0.784. The second-order valence-corrected chi connectivity index (χ2v) is 6.05. The monoisotopic (exact) mass is 307 g/mol. The summed E-state index contributed by atoms with van der Waals surface area (Å²) in [7, 11) is 1.61. The molecule has 1 saturated heterocycles. The van der Waals surface area contributed by atoms with Gasteiger partial charge in [-0.2, -0.15) is 11.8 Å². The molecule has 0 radical (unpaired) electrons. The smallest absolute Gasteiger partial charge is 0.232 e. The number of nitrogens with zero attached hydrogens (tertiary/aromatic N) is 1. The fraction of sp³-hybridized carbons (Fsp3) is 0.500. The van der Waals surface area contributed by atoms with Crippen molar-refractivity contribution in [2.45, 2.75) is 12.8 Å². The molecule has 1 heterocycles. The largest absolute Gasteiger partial charge is 0.497 e. The molecule has 5 heteroatoms. The summed E-state index contributed by atoms with van der Waals surface area (Å²) in [6.07, 6.45) is 3.44. The van der Waals surface area contributed by atoms with Gasteiger partial charge in [-0.3, -0.25) is 9.59 Å². The average molecular weight is 307 g/mol. The molecule has 1 fully saturated rings. The third-order valence-corrected chi connectivity index (χ3v) is 4.40. The van der Waals surface area contributed by atoms with Crippen LogP contribution in [0.2, 0.25) is 0 Å². The van der Waals surface area contributed by atoms with Crippen LogP contribution in [0.25, 0.3) is 0 Å². The maximum absolute atomic E-state index is 12.5. The molecular formula is C16H21NO3S. The van der Waals surface area contributed by atoms with Crippen molar-refractivity contribution in [1.82, 2.24) is 4.90 Å². The van der Waals surface area contributed by atoms with E-state index in [9.17, 15) is 9.59 Å². The fourth-order valence-electron chi connectivity index (χ4n) is 2.60. The normalized spacial score (nSPS) is 15.8. The lowest BCUT2D eigenvalue weighted by molar-refractivity contribution is -0.129. The molecule has 0 bridgehead atoms. The van der Waals surface area contributed by atoms with Crippen molar-refractivity contribution in [3.05, 3.63) is 29.8 Å². The number of thioether (sulfide) groups is 1. The third kappa shape index (κ3) is 4.00. The van der Waals surface area contributed by atoms with Crippen molar-refractivity contribution in [2.75, 3.05) is 32.2 Å². The van der Waals surface area contributed by atoms with E-state index in [0.29, 0.717) is 18.8 Å². The van der Waals surface area contributed by atoms with Gasteiger partial charge in [-0.15, -0.1) is 0 Å². The van der Waals surface area contributed by atoms with Gasteiger partial charge in [0.05, 0.1) is 12.9 Å². The maximum Gasteiger partial charge on any atom is 0.232 e. The topological polar surface area (TPSA) is 46.6 Å². The molecule has 0 aromatic heterocycles. The summed E-state index contributed by atoms with van der Waals surface area (Å²) in [4.78, 5) is 26.1. The van der Waals surface area contributed by atoms with Crippen LogP contribution in [-0.4, -0.2) is 48.8 Å². The number of Topliss-reactive ketones (excluding diaryl/α,β-unsaturated/α-hetero) is 1. The Morgan fingerprint density at radius 1 is 1.24 bits per heavy atom. The van der Waals surface area contributed by atoms with E-state index in [1.54, 1.807) is 18.9 Å². The first-order valence-electron chi connectivity index (χ1n) is 7.10. The van der Waals surface area contributed by atoms with Crippen LogP contribution in [0.4, 0.5) is 0 Å². The van der Waals surface area contributed by atoms with Crippen LogP contribution in [-0.2, 0) is 4.79 Å². The lowest BCUT2D eigenvalue weighted by Crippen LogP contribution is -2.41. The zero-order chi connectivity index (χ0) is 15.2. The molecule has 0 spiro atoms. The van der Waals surface area contributed by atoms with Gasteiger partial charge < -0.3 is 9.64 Å². The number of rotatable bonds is 5. The molecule has 1 aliphatic rings. The molecular weight excluding hydrogens is 286 g/mol. The zero-order valence-electron chi connectivity index (χ0n) is 12.5. The Balaban J connectivity index is 1.92. The third-order valence-electron chi connectivity index (χ3n) is 3.86. The minimum Gasteiger partial charge on any atom is -0.497 e. The summed E-state index contributed by atoms with van der Waals surface area (Å²) >= 11 is 1.54. The number of carbonyl (C=O) groups excluding carboxylic acids is 2. The van der Waals surface area contributed by atoms with Gasteiger partial charge >= 0.3 is 0 Å². The van der Waals surface area contributed by atoms with Crippen molar-refractivity contribution in [1.29, 1.82) is 0 Å². The molecule has 0 N–H and O–H groups in total. The van der Waals surface area contributed by atoms with Gasteiger partial charge in [-0.25, -0.2) is 0 Å². The molecule has 0 atom stereocenters. The van der Waals surface area contributed by atoms with E-state index in [4.69, 9.17) is 4.74 Å². The van der Waals surface area contributed by atoms with Gasteiger partial charge in [0.25, 0.3) is 0 Å². The molecule has 2 rings (SSSR count). The second kappa shape index (κ2) is 7.50. The van der Waals surface area contributed by atoms with E-state index in [1.807, 2.05) is 35.4 Å². The molecule has 1 aromatic carbocycles. The van der Waals surface area contributed by atoms with Gasteiger partial charge in [0, 0.05) is 24.6 Å². The Morgan fingerprint density at radius 3 is 2.38 bits per heavy atom. The Bertz CT molecular complexity index is 493. The number of piperidine rings is 1. The Morgan fingerprint density at radius 2 is 1.86 bits per heavy atom. The average Bonchev–Trinajstić information content (AvgIpc) is 2.54. The standard InChI is InChI=1S/C16H21NO3S/c1-20-14-5-3-12(4-6-14)16(19)13-7-9-17(10-8-13)15(18)11-21-2/h3-6,13H,7-11H2,1-2H3. The highest BCUT2D eigenvalue weighted by Gasteiger charge is 2.27. The van der Waals surface area contributed by atoms with Crippen molar-refractivity contribution in [2.24, 2.45) is 5.92 Å². The summed E-state index contributed by atoms with van der Waals surface area (Å²) in [6.45, 7) is 1.37. The number of ether oxygens (including phenoxy) is 1. The van der Waals surface area contributed by atoms with Crippen LogP contribution in [0.15, 0.2) is 24.3 Å². The number of hydrogen-bond donors (Lipinski definition) is 0. The summed E-state index contributed by atoms with van der Waals surface area (Å²) in [6, 6.07) is 7.24. The number of ketones is 1. The predicted molar refractivity (Wildman–Crippen MR) is 85.0 cm³/mol. The van der Waals surface area contributed by atoms with E-state index >= 15 is 0 Å². The summed E-state index contributed by atoms with van der Waals surface area (Å²) in [5, 5.41) is 0. The van der Waals surface area contributed by atoms with Gasteiger partial charge in [0.1, 0.15) is 5.75 Å². The number of benzene rings is 1. The number of likely N-dealkylation sites (tertiary alicyclic amines) is 1. The molecule has 1 aliphatic heterocycles. The van der Waals surface area contributed by atoms with Crippen LogP contribution in [0.5, 0.6) is 5.75 Å². The van der Waals surface area contributed by atoms with Crippen molar-refractivity contribution in [3.63, 3.8) is 0 Å². The van der Waals surface area contributed by atoms with Gasteiger partial charge in [0.2, 0.25) is 5.91 Å². The van der Waals surface area contributed by atoms with Gasteiger partial charge in [0.15, 0.2) is 5.78 Å². The number of hydrogen-bond acceptors (Lipinski definition) is 4. The highest BCUT2D eigenvalue weighted by Crippen LogP contribution is 2.23. The van der Waals surface area contributed by atoms with Crippen LogP contribution in [0.3, 0.4) is 0 Å². The molecule has 0 saturated carbocycles. The summed E-state index contributed by atoms with van der Waals surface area (Å²) in [5.41, 5.74) is 0.727. The minimum absolute atomic E-state index is 0.0247. The molecule has 0 aliphatic carbocycles. The zero-order valence-corrected chi connectivity index (χ0v) is 13.3. The molecule has 1 amide bonds. The SMILES string of the molecule is COc1ccc(C(=O)C2CCN(C(=O)CSC)CC2)cc1. The van der Waals surface area contributed by atoms with Crippen LogP contribution >= 0.6 is 11.8 Å². The molecule has 0 unspecified atom stereocenters. The first-order chi connectivity index (χ1) is 10.2. The lowest BCUT2D eigenvalue weighted by atomic mass is 9.89. The molecule has 1 aromatic rings. The van der Waals surface area contributed by atoms with Crippen LogP contribution in [0.1, 0.15) is 23.2 Å². The van der Waals surface area contributed by atoms with Crippen molar-refractivity contribution >= 4 is 23.5 Å². The first-order valence-corrected chi connectivity index (χ1v) is 8.50. The fourth-order valence-corrected chi connectivity index (χ4v) is 3.03. The number of amides is 1. The predicted octanol–water partition coefficient (Wildman–Crippen LogP) is 2.48. The maximum atomic E-state index is 12.5. The second-order valence-electron chi connectivity index (χ2n) is 5.18. The van der Waals surface area contributed by atoms with Crippen molar-refractivity contribution in [3.8, 4) is 5.75 Å². The van der Waals surface area contributed by atoms with Crippen molar-refractivity contribution < 1.29 is 14.3 Å². The Hall–Kier alpha value is -1.49. The van der Waals surface area contributed by atoms with E-state index < -0.39 is 0 Å². The Kier molecular flexibility index (Phi) is 5.67. The molecule has 21 heavy (non-hydrogen) atoms.